The van der Waals surface area contributed by atoms with Gasteiger partial charge in [0.15, 0.2) is 0 Å². The summed E-state index contributed by atoms with van der Waals surface area (Å²) in [5.74, 6) is -0.0961. The number of benzene rings is 2. The van der Waals surface area contributed by atoms with Crippen LogP contribution in [0.3, 0.4) is 0 Å². The first-order chi connectivity index (χ1) is 16.1. The maximum absolute atomic E-state index is 13.6. The molecule has 0 aliphatic rings. The standard InChI is InChI=1S/C25H35N3O5S/c1-6-14-26-25(30)23(7-2)27(17-20-11-9-13-22(16-20)33-4)24(29)18-28(34(5,31)32)21-12-8-10-19(3)15-21/h8-13,15-16,23H,6-7,14,17-18H2,1-5H3,(H,26,30)/t23-/m0/s1. The predicted molar refractivity (Wildman–Crippen MR) is 134 cm³/mol. The van der Waals surface area contributed by atoms with E-state index >= 15 is 0 Å². The van der Waals surface area contributed by atoms with Crippen LogP contribution in [0.2, 0.25) is 0 Å². The maximum atomic E-state index is 13.6. The van der Waals surface area contributed by atoms with Crippen LogP contribution in [0.5, 0.6) is 5.75 Å². The summed E-state index contributed by atoms with van der Waals surface area (Å²) in [6, 6.07) is 13.5. The lowest BCUT2D eigenvalue weighted by Crippen LogP contribution is -2.52. The highest BCUT2D eigenvalue weighted by molar-refractivity contribution is 7.92. The Hall–Kier alpha value is -3.07. The molecular formula is C25H35N3O5S. The van der Waals surface area contributed by atoms with Crippen molar-refractivity contribution in [2.24, 2.45) is 0 Å². The lowest BCUT2D eigenvalue weighted by molar-refractivity contribution is -0.140. The SMILES string of the molecule is CCCNC(=O)[C@H](CC)N(Cc1cccc(OC)c1)C(=O)CN(c1cccc(C)c1)S(C)(=O)=O. The number of rotatable bonds is 12. The highest BCUT2D eigenvalue weighted by Gasteiger charge is 2.31. The molecule has 0 aliphatic heterocycles. The van der Waals surface area contributed by atoms with Gasteiger partial charge in [0.2, 0.25) is 21.8 Å². The van der Waals surface area contributed by atoms with Crippen molar-refractivity contribution in [3.05, 3.63) is 59.7 Å². The molecule has 0 saturated carbocycles. The highest BCUT2D eigenvalue weighted by Crippen LogP contribution is 2.21. The number of amides is 2. The van der Waals surface area contributed by atoms with E-state index in [9.17, 15) is 18.0 Å². The number of nitrogens with one attached hydrogen (secondary N) is 1. The second kappa shape index (κ2) is 12.4. The summed E-state index contributed by atoms with van der Waals surface area (Å²) in [4.78, 5) is 28.0. The smallest absolute Gasteiger partial charge is 0.244 e. The Kier molecular flexibility index (Phi) is 9.92. The number of aryl methyl sites for hydroxylation is 1. The maximum Gasteiger partial charge on any atom is 0.244 e. The fourth-order valence-corrected chi connectivity index (χ4v) is 4.49. The van der Waals surface area contributed by atoms with Gasteiger partial charge in [-0.1, -0.05) is 38.1 Å². The summed E-state index contributed by atoms with van der Waals surface area (Å²) in [6.45, 7) is 5.85. The van der Waals surface area contributed by atoms with Crippen molar-refractivity contribution < 1.29 is 22.7 Å². The fraction of sp³-hybridized carbons (Fsp3) is 0.440. The molecule has 0 radical (unpaired) electrons. The Morgan fingerprint density at radius 3 is 2.38 bits per heavy atom. The van der Waals surface area contributed by atoms with E-state index in [1.54, 1.807) is 37.4 Å². The number of hydrogen-bond donors (Lipinski definition) is 1. The second-order valence-corrected chi connectivity index (χ2v) is 10.1. The van der Waals surface area contributed by atoms with Gasteiger partial charge in [0, 0.05) is 13.1 Å². The molecule has 186 valence electrons. The van der Waals surface area contributed by atoms with Gasteiger partial charge in [-0.25, -0.2) is 8.42 Å². The third kappa shape index (κ3) is 7.48. The second-order valence-electron chi connectivity index (χ2n) is 8.20. The minimum atomic E-state index is -3.75. The number of carbonyl (C=O) groups excluding carboxylic acids is 2. The Morgan fingerprint density at radius 2 is 1.79 bits per heavy atom. The van der Waals surface area contributed by atoms with Crippen molar-refractivity contribution in [2.45, 2.75) is 46.2 Å². The minimum absolute atomic E-state index is 0.138. The number of nitrogens with zero attached hydrogens (tertiary/aromatic N) is 2. The molecule has 0 saturated heterocycles. The first kappa shape index (κ1) is 27.2. The summed E-state index contributed by atoms with van der Waals surface area (Å²) in [7, 11) is -2.19. The van der Waals surface area contributed by atoms with Crippen molar-refractivity contribution in [1.82, 2.24) is 10.2 Å². The molecule has 2 aromatic carbocycles. The van der Waals surface area contributed by atoms with E-state index in [0.29, 0.717) is 24.4 Å². The van der Waals surface area contributed by atoms with Gasteiger partial charge < -0.3 is 15.0 Å². The average Bonchev–Trinajstić information content (AvgIpc) is 2.80. The molecule has 0 aromatic heterocycles. The van der Waals surface area contributed by atoms with Crippen LogP contribution in [-0.4, -0.2) is 57.6 Å². The third-order valence-corrected chi connectivity index (χ3v) is 6.53. The van der Waals surface area contributed by atoms with Gasteiger partial charge in [0.25, 0.3) is 0 Å². The van der Waals surface area contributed by atoms with Crippen molar-refractivity contribution >= 4 is 27.5 Å². The van der Waals surface area contributed by atoms with E-state index in [4.69, 9.17) is 4.74 Å². The number of hydrogen-bond acceptors (Lipinski definition) is 5. The lowest BCUT2D eigenvalue weighted by atomic mass is 10.1. The monoisotopic (exact) mass is 489 g/mol. The first-order valence-electron chi connectivity index (χ1n) is 11.3. The molecule has 2 rings (SSSR count). The molecule has 34 heavy (non-hydrogen) atoms. The molecule has 2 aromatic rings. The van der Waals surface area contributed by atoms with Crippen LogP contribution in [-0.2, 0) is 26.2 Å². The Morgan fingerprint density at radius 1 is 1.09 bits per heavy atom. The fourth-order valence-electron chi connectivity index (χ4n) is 3.65. The van der Waals surface area contributed by atoms with E-state index in [0.717, 1.165) is 28.1 Å². The predicted octanol–water partition coefficient (Wildman–Crippen LogP) is 3.10. The van der Waals surface area contributed by atoms with Crippen molar-refractivity contribution in [3.8, 4) is 5.75 Å². The molecule has 0 spiro atoms. The summed E-state index contributed by atoms with van der Waals surface area (Å²) < 4.78 is 31.6. The zero-order chi connectivity index (χ0) is 25.3. The zero-order valence-electron chi connectivity index (χ0n) is 20.6. The van der Waals surface area contributed by atoms with Gasteiger partial charge in [-0.05, 0) is 55.2 Å². The number of ether oxygens (including phenoxy) is 1. The van der Waals surface area contributed by atoms with E-state index in [2.05, 4.69) is 5.32 Å². The van der Waals surface area contributed by atoms with E-state index in [1.807, 2.05) is 39.0 Å². The van der Waals surface area contributed by atoms with Crippen LogP contribution < -0.4 is 14.4 Å². The molecule has 2 amide bonds. The number of sulfonamides is 1. The van der Waals surface area contributed by atoms with Crippen molar-refractivity contribution in [1.29, 1.82) is 0 Å². The lowest BCUT2D eigenvalue weighted by Gasteiger charge is -2.33. The Labute approximate surface area is 202 Å². The molecule has 1 N–H and O–H groups in total. The van der Waals surface area contributed by atoms with Crippen LogP contribution in [0, 0.1) is 6.92 Å². The minimum Gasteiger partial charge on any atom is -0.497 e. The first-order valence-corrected chi connectivity index (χ1v) is 13.2. The molecule has 0 bridgehead atoms. The summed E-state index contributed by atoms with van der Waals surface area (Å²) >= 11 is 0. The molecular weight excluding hydrogens is 454 g/mol. The molecule has 9 heteroatoms. The van der Waals surface area contributed by atoms with Gasteiger partial charge in [-0.3, -0.25) is 13.9 Å². The third-order valence-electron chi connectivity index (χ3n) is 5.39. The van der Waals surface area contributed by atoms with Crippen LogP contribution in [0.4, 0.5) is 5.69 Å². The van der Waals surface area contributed by atoms with Gasteiger partial charge in [0.1, 0.15) is 18.3 Å². The van der Waals surface area contributed by atoms with Gasteiger partial charge in [0.05, 0.1) is 19.1 Å². The van der Waals surface area contributed by atoms with E-state index < -0.39 is 28.5 Å². The van der Waals surface area contributed by atoms with Gasteiger partial charge >= 0.3 is 0 Å². The average molecular weight is 490 g/mol. The zero-order valence-corrected chi connectivity index (χ0v) is 21.4. The van der Waals surface area contributed by atoms with Crippen LogP contribution >= 0.6 is 0 Å². The highest BCUT2D eigenvalue weighted by atomic mass is 32.2. The largest absolute Gasteiger partial charge is 0.497 e. The van der Waals surface area contributed by atoms with Crippen molar-refractivity contribution in [3.63, 3.8) is 0 Å². The Balaban J connectivity index is 2.43. The molecule has 0 aliphatic carbocycles. The molecule has 8 nitrogen and oxygen atoms in total. The van der Waals surface area contributed by atoms with E-state index in [-0.39, 0.29) is 12.5 Å². The quantitative estimate of drug-likeness (QED) is 0.494. The molecule has 0 unspecified atom stereocenters. The molecule has 0 fully saturated rings. The van der Waals surface area contributed by atoms with Crippen LogP contribution in [0.15, 0.2) is 48.5 Å². The van der Waals surface area contributed by atoms with Gasteiger partial charge in [-0.15, -0.1) is 0 Å². The summed E-state index contributed by atoms with van der Waals surface area (Å²) in [6.07, 6.45) is 2.22. The molecule has 0 heterocycles. The number of carbonyl (C=O) groups is 2. The van der Waals surface area contributed by atoms with Crippen LogP contribution in [0.25, 0.3) is 0 Å². The van der Waals surface area contributed by atoms with Gasteiger partial charge in [-0.2, -0.15) is 0 Å². The topological polar surface area (TPSA) is 96.0 Å². The normalized spacial score (nSPS) is 12.0. The van der Waals surface area contributed by atoms with Crippen molar-refractivity contribution in [2.75, 3.05) is 30.8 Å². The number of methoxy groups -OCH3 is 1. The molecule has 1 atom stereocenters. The number of anilines is 1. The van der Waals surface area contributed by atoms with E-state index in [1.165, 1.54) is 4.90 Å². The summed E-state index contributed by atoms with van der Waals surface area (Å²) in [5, 5.41) is 2.86. The Bertz CT molecular complexity index is 1090. The van der Waals surface area contributed by atoms with Crippen LogP contribution in [0.1, 0.15) is 37.8 Å². The summed E-state index contributed by atoms with van der Waals surface area (Å²) in [5.41, 5.74) is 2.05.